The van der Waals surface area contributed by atoms with Crippen LogP contribution in [0.2, 0.25) is 5.02 Å². The van der Waals surface area contributed by atoms with Gasteiger partial charge in [0.25, 0.3) is 5.91 Å². The topological polar surface area (TPSA) is 102 Å². The lowest BCUT2D eigenvalue weighted by Crippen LogP contribution is -2.19. The SMILES string of the molecule is O=C(N/N=C\c1ccccc1Cl)c1nn(Cc2ccc(Br)cc2)cc1[N+](=O)[O-]. The molecule has 0 unspecified atom stereocenters. The number of halogens is 2. The third kappa shape index (κ3) is 4.81. The van der Waals surface area contributed by atoms with E-state index >= 15 is 0 Å². The van der Waals surface area contributed by atoms with Gasteiger partial charge in [-0.3, -0.25) is 19.6 Å². The van der Waals surface area contributed by atoms with Crippen molar-refractivity contribution in [2.24, 2.45) is 5.10 Å². The second kappa shape index (κ2) is 8.77. The Morgan fingerprint density at radius 1 is 1.29 bits per heavy atom. The lowest BCUT2D eigenvalue weighted by Gasteiger charge is -2.01. The number of amides is 1. The Hall–Kier alpha value is -3.04. The van der Waals surface area contributed by atoms with E-state index in [-0.39, 0.29) is 12.2 Å². The molecular weight excluding hydrogens is 450 g/mol. The van der Waals surface area contributed by atoms with Crippen LogP contribution in [0.3, 0.4) is 0 Å². The summed E-state index contributed by atoms with van der Waals surface area (Å²) in [6.45, 7) is 0.282. The molecule has 0 bridgehead atoms. The molecule has 3 rings (SSSR count). The van der Waals surface area contributed by atoms with E-state index in [2.05, 4.69) is 31.6 Å². The van der Waals surface area contributed by atoms with Gasteiger partial charge in [0.05, 0.1) is 17.7 Å². The number of nitrogens with zero attached hydrogens (tertiary/aromatic N) is 4. The van der Waals surface area contributed by atoms with Gasteiger partial charge in [-0.25, -0.2) is 5.43 Å². The highest BCUT2D eigenvalue weighted by Gasteiger charge is 2.25. The Morgan fingerprint density at radius 3 is 2.68 bits per heavy atom. The van der Waals surface area contributed by atoms with Gasteiger partial charge >= 0.3 is 5.69 Å². The molecule has 0 fully saturated rings. The van der Waals surface area contributed by atoms with Crippen LogP contribution in [0, 0.1) is 10.1 Å². The lowest BCUT2D eigenvalue weighted by atomic mass is 10.2. The maximum absolute atomic E-state index is 12.3. The molecule has 0 aliphatic heterocycles. The number of hydrazone groups is 1. The third-order valence-electron chi connectivity index (χ3n) is 3.69. The fourth-order valence-corrected chi connectivity index (χ4v) is 2.81. The van der Waals surface area contributed by atoms with E-state index in [1.165, 1.54) is 17.1 Å². The zero-order valence-corrected chi connectivity index (χ0v) is 16.6. The molecule has 2 aromatic carbocycles. The highest BCUT2D eigenvalue weighted by molar-refractivity contribution is 9.10. The second-order valence-corrected chi connectivity index (χ2v) is 6.99. The summed E-state index contributed by atoms with van der Waals surface area (Å²) in [6.07, 6.45) is 2.57. The number of carbonyl (C=O) groups is 1. The molecule has 1 N–H and O–H groups in total. The van der Waals surface area contributed by atoms with E-state index < -0.39 is 16.5 Å². The minimum absolute atomic E-state index is 0.282. The van der Waals surface area contributed by atoms with Crippen molar-refractivity contribution in [3.8, 4) is 0 Å². The first kappa shape index (κ1) is 19.7. The monoisotopic (exact) mass is 461 g/mol. The molecule has 0 saturated heterocycles. The molecule has 3 aromatic rings. The molecule has 1 amide bonds. The summed E-state index contributed by atoms with van der Waals surface area (Å²) in [7, 11) is 0. The summed E-state index contributed by atoms with van der Waals surface area (Å²) in [5, 5.41) is 19.6. The van der Waals surface area contributed by atoms with E-state index in [1.807, 2.05) is 24.3 Å². The van der Waals surface area contributed by atoms with Crippen LogP contribution in [0.25, 0.3) is 0 Å². The van der Waals surface area contributed by atoms with Crippen molar-refractivity contribution in [2.75, 3.05) is 0 Å². The molecule has 0 radical (unpaired) electrons. The number of benzene rings is 2. The smallest absolute Gasteiger partial charge is 0.265 e. The van der Waals surface area contributed by atoms with Crippen LogP contribution in [0.4, 0.5) is 5.69 Å². The van der Waals surface area contributed by atoms with Crippen molar-refractivity contribution in [3.63, 3.8) is 0 Å². The Balaban J connectivity index is 1.77. The van der Waals surface area contributed by atoms with E-state index in [0.29, 0.717) is 10.6 Å². The van der Waals surface area contributed by atoms with Crippen molar-refractivity contribution in [1.82, 2.24) is 15.2 Å². The average molecular weight is 463 g/mol. The second-order valence-electron chi connectivity index (χ2n) is 5.66. The highest BCUT2D eigenvalue weighted by atomic mass is 79.9. The van der Waals surface area contributed by atoms with Crippen molar-refractivity contribution >= 4 is 45.3 Å². The lowest BCUT2D eigenvalue weighted by molar-refractivity contribution is -0.385. The first-order valence-corrected chi connectivity index (χ1v) is 9.15. The normalized spacial score (nSPS) is 10.9. The minimum atomic E-state index is -0.787. The van der Waals surface area contributed by atoms with Gasteiger partial charge in [-0.2, -0.15) is 10.2 Å². The molecule has 0 atom stereocenters. The van der Waals surface area contributed by atoms with Crippen LogP contribution in [0.5, 0.6) is 0 Å². The number of hydrogen-bond donors (Lipinski definition) is 1. The molecule has 1 aromatic heterocycles. The summed E-state index contributed by atoms with van der Waals surface area (Å²) >= 11 is 9.35. The molecule has 0 spiro atoms. The van der Waals surface area contributed by atoms with Gasteiger partial charge in [0.15, 0.2) is 0 Å². The summed E-state index contributed by atoms with van der Waals surface area (Å²) in [5.74, 6) is -0.787. The maximum atomic E-state index is 12.3. The zero-order valence-electron chi connectivity index (χ0n) is 14.3. The van der Waals surface area contributed by atoms with E-state index in [4.69, 9.17) is 11.6 Å². The molecule has 142 valence electrons. The molecule has 0 aliphatic carbocycles. The molecule has 10 heteroatoms. The predicted molar refractivity (Wildman–Crippen MR) is 109 cm³/mol. The summed E-state index contributed by atoms with van der Waals surface area (Å²) in [5.41, 5.74) is 2.99. The molecule has 8 nitrogen and oxygen atoms in total. The van der Waals surface area contributed by atoms with Crippen LogP contribution in [-0.4, -0.2) is 26.8 Å². The molecular formula is C18H13BrClN5O3. The van der Waals surface area contributed by atoms with Crippen LogP contribution in [0.15, 0.2) is 64.3 Å². The van der Waals surface area contributed by atoms with Gasteiger partial charge in [0.1, 0.15) is 6.20 Å². The third-order valence-corrected chi connectivity index (χ3v) is 4.56. The van der Waals surface area contributed by atoms with E-state index in [1.54, 1.807) is 24.3 Å². The Bertz CT molecular complexity index is 1050. The number of aromatic nitrogens is 2. The highest BCUT2D eigenvalue weighted by Crippen LogP contribution is 2.18. The maximum Gasteiger partial charge on any atom is 0.320 e. The molecule has 0 aliphatic rings. The Morgan fingerprint density at radius 2 is 2.00 bits per heavy atom. The van der Waals surface area contributed by atoms with Crippen molar-refractivity contribution in [3.05, 3.63) is 91.2 Å². The van der Waals surface area contributed by atoms with Gasteiger partial charge in [0.2, 0.25) is 5.69 Å². The quantitative estimate of drug-likeness (QED) is 0.339. The molecule has 28 heavy (non-hydrogen) atoms. The van der Waals surface area contributed by atoms with E-state index in [0.717, 1.165) is 10.0 Å². The number of carbonyl (C=O) groups excluding carboxylic acids is 1. The zero-order chi connectivity index (χ0) is 20.1. The van der Waals surface area contributed by atoms with Crippen molar-refractivity contribution in [2.45, 2.75) is 6.54 Å². The summed E-state index contributed by atoms with van der Waals surface area (Å²) in [6, 6.07) is 14.3. The van der Waals surface area contributed by atoms with Crippen molar-refractivity contribution < 1.29 is 9.72 Å². The van der Waals surface area contributed by atoms with E-state index in [9.17, 15) is 14.9 Å². The number of nitrogens with one attached hydrogen (secondary N) is 1. The van der Waals surface area contributed by atoms with Gasteiger partial charge < -0.3 is 0 Å². The van der Waals surface area contributed by atoms with Crippen LogP contribution in [-0.2, 0) is 6.54 Å². The fourth-order valence-electron chi connectivity index (χ4n) is 2.36. The standard InChI is InChI=1S/C18H13BrClN5O3/c19-14-7-5-12(6-8-14)10-24-11-16(25(27)28)17(23-24)18(26)22-21-9-13-3-1-2-4-15(13)20/h1-9,11H,10H2,(H,22,26)/b21-9-. The average Bonchev–Trinajstić information content (AvgIpc) is 3.09. The summed E-state index contributed by atoms with van der Waals surface area (Å²) < 4.78 is 2.26. The molecule has 0 saturated carbocycles. The van der Waals surface area contributed by atoms with Gasteiger partial charge in [-0.05, 0) is 23.8 Å². The number of rotatable bonds is 6. The van der Waals surface area contributed by atoms with Crippen LogP contribution >= 0.6 is 27.5 Å². The summed E-state index contributed by atoms with van der Waals surface area (Å²) in [4.78, 5) is 22.9. The Kier molecular flexibility index (Phi) is 6.17. The largest absolute Gasteiger partial charge is 0.320 e. The molecule has 1 heterocycles. The fraction of sp³-hybridized carbons (Fsp3) is 0.0556. The predicted octanol–water partition coefficient (Wildman–Crippen LogP) is 4.02. The number of hydrogen-bond acceptors (Lipinski definition) is 5. The minimum Gasteiger partial charge on any atom is -0.265 e. The first-order chi connectivity index (χ1) is 13.4. The van der Waals surface area contributed by atoms with Gasteiger partial charge in [-0.1, -0.05) is 57.9 Å². The van der Waals surface area contributed by atoms with Gasteiger partial charge in [0, 0.05) is 15.1 Å². The van der Waals surface area contributed by atoms with Crippen LogP contribution < -0.4 is 5.43 Å². The number of nitro groups is 1. The Labute approximate surface area is 173 Å². The first-order valence-electron chi connectivity index (χ1n) is 7.98. The van der Waals surface area contributed by atoms with Gasteiger partial charge in [-0.15, -0.1) is 0 Å². The van der Waals surface area contributed by atoms with Crippen LogP contribution in [0.1, 0.15) is 21.6 Å². The van der Waals surface area contributed by atoms with Crippen molar-refractivity contribution in [1.29, 1.82) is 0 Å².